The molecule has 0 aromatic heterocycles. The van der Waals surface area contributed by atoms with Crippen molar-refractivity contribution in [2.45, 2.75) is 34.6 Å². The number of carbonyl (C=O) groups excluding carboxylic acids is 2. The number of phenols is 5. The Labute approximate surface area is 752 Å². The molecule has 0 aliphatic carbocycles. The zero-order chi connectivity index (χ0) is 92.7. The van der Waals surface area contributed by atoms with Gasteiger partial charge in [0.15, 0.2) is 17.2 Å². The highest BCUT2D eigenvalue weighted by Crippen LogP contribution is 2.37. The number of non-ortho nitro benzene ring substituents is 1. The number of aliphatic imine (C=N–C) groups is 6. The first-order chi connectivity index (χ1) is 60.8. The first-order valence-corrected chi connectivity index (χ1v) is 40.2. The Balaban J connectivity index is 0.000000209. The Hall–Kier alpha value is -15.6. The topological polar surface area (TPSA) is 465 Å². The van der Waals surface area contributed by atoms with Crippen LogP contribution in [-0.2, 0) is 9.47 Å². The monoisotopic (exact) mass is 1910 g/mol. The van der Waals surface area contributed by atoms with Crippen molar-refractivity contribution >= 4 is 165 Å². The van der Waals surface area contributed by atoms with Crippen LogP contribution < -0.4 is 14.4 Å². The molecule has 0 aliphatic heterocycles. The summed E-state index contributed by atoms with van der Waals surface area (Å²) in [6.45, 7) is 11.1. The maximum Gasteiger partial charge on any atom is 0.338 e. The summed E-state index contributed by atoms with van der Waals surface area (Å²) in [7, 11) is 4.05. The number of halogens is 3. The third-order valence-electron chi connectivity index (χ3n) is 16.6. The SMILES string of the molecule is CCOC(=O)c1ccc(N=Cc2cc(Br)cc([N+](=O)[O-])c2O)cc1.CCOC(=O)c1ccc(N=Cc2ccc(O)c(OCC)c2)cc1.CCOc1ccc(C=Nc2ccc(N(C)C)cc2)cc1.Cc1cccc(N=Cc2ccc(O)c([N+](=O)[O-])c2)c1.O=[N+]([O-])c1cc(Br)cc(C=Nc2ccccc2)c1O.O=[N+]([O-])c1cccc(N=Cc2cc(Br)cc([N+](=O)[O-])c2O)c1. The highest BCUT2D eigenvalue weighted by atomic mass is 79.9. The Bertz CT molecular complexity index is 6030. The molecule has 12 aromatic rings. The fourth-order valence-electron chi connectivity index (χ4n) is 10.4. The van der Waals surface area contributed by atoms with E-state index in [1.54, 1.807) is 111 Å². The molecule has 0 atom stereocenters. The van der Waals surface area contributed by atoms with E-state index in [9.17, 15) is 85.7 Å². The second-order valence-corrected chi connectivity index (χ2v) is 28.7. The maximum absolute atomic E-state index is 11.6. The highest BCUT2D eigenvalue weighted by Gasteiger charge is 2.22. The number of nitrogens with zero attached hydrogens (tertiary/aromatic N) is 12. The summed E-state index contributed by atoms with van der Waals surface area (Å²) >= 11 is 9.42. The zero-order valence-electron chi connectivity index (χ0n) is 68.7. The predicted octanol–water partition coefficient (Wildman–Crippen LogP) is 22.5. The molecule has 0 saturated carbocycles. The van der Waals surface area contributed by atoms with Crippen molar-refractivity contribution in [3.63, 3.8) is 0 Å². The molecule has 0 bridgehead atoms. The van der Waals surface area contributed by atoms with E-state index < -0.39 is 59.2 Å². The van der Waals surface area contributed by atoms with Gasteiger partial charge in [-0.1, -0.05) is 84.2 Å². The van der Waals surface area contributed by atoms with Crippen LogP contribution in [0.4, 0.5) is 68.2 Å². The van der Waals surface area contributed by atoms with Gasteiger partial charge in [0.05, 0.1) is 96.3 Å². The average molecular weight is 1920 g/mol. The number of nitro benzene ring substituents is 5. The minimum absolute atomic E-state index is 0.0998. The van der Waals surface area contributed by atoms with Crippen LogP contribution in [0, 0.1) is 57.5 Å². The molecule has 5 N–H and O–H groups in total. The minimum Gasteiger partial charge on any atom is -0.504 e. The van der Waals surface area contributed by atoms with Crippen molar-refractivity contribution in [3.05, 3.63) is 363 Å². The highest BCUT2D eigenvalue weighted by molar-refractivity contribution is 9.11. The fourth-order valence-corrected chi connectivity index (χ4v) is 11.8. The quantitative estimate of drug-likeness (QED) is 0.0145. The molecule has 0 fully saturated rings. The molecule has 33 nitrogen and oxygen atoms in total. The van der Waals surface area contributed by atoms with Crippen LogP contribution in [0.2, 0.25) is 0 Å². The standard InChI is InChI=1S/C18H19NO4.C17H20N2O.C16H13BrN2O5.C14H12N2O3.C13H8BrN3O5.C13H9BrN2O3/c1-3-22-17-11-13(5-10-16(17)20)12-19-15-8-6-14(7-9-15)18(21)23-4-2;1-4-20-17-11-5-14(6-12-17)13-18-15-7-9-16(10-8-15)19(2)3;1-2-24-16(21)10-3-5-13(6-4-10)18-9-11-7-12(17)8-14(15(11)20)19(22)23;1-10-3-2-4-12(7-10)15-9-11-5-6-14(17)13(8-11)16(18)19;14-9-4-8(13(18)12(5-9)17(21)22)7-15-10-2-1-3-11(6-10)16(19)20;14-10-6-9(13(17)12(7-10)16(18)19)8-15-11-4-2-1-3-5-11/h5-12,20H,3-4H2,1-2H3;5-13H,4H2,1-3H3;3-9,20H,2H2,1H3;2-9,17H,1H3;1-7,18H;1-8,17H. The van der Waals surface area contributed by atoms with Crippen molar-refractivity contribution in [1.29, 1.82) is 0 Å². The van der Waals surface area contributed by atoms with E-state index in [0.29, 0.717) is 79.3 Å². The third-order valence-corrected chi connectivity index (χ3v) is 18.0. The van der Waals surface area contributed by atoms with Gasteiger partial charge in [0.1, 0.15) is 5.75 Å². The molecule has 0 amide bonds. The van der Waals surface area contributed by atoms with Crippen molar-refractivity contribution in [1.82, 2.24) is 0 Å². The first-order valence-electron chi connectivity index (χ1n) is 37.9. The van der Waals surface area contributed by atoms with E-state index in [-0.39, 0.29) is 56.9 Å². The van der Waals surface area contributed by atoms with Crippen LogP contribution in [0.25, 0.3) is 0 Å². The van der Waals surface area contributed by atoms with Gasteiger partial charge in [-0.15, -0.1) is 0 Å². The number of aryl methyl sites for hydroxylation is 1. The smallest absolute Gasteiger partial charge is 0.338 e. The van der Waals surface area contributed by atoms with E-state index in [4.69, 9.17) is 18.9 Å². The maximum atomic E-state index is 11.6. The van der Waals surface area contributed by atoms with E-state index in [1.165, 1.54) is 97.3 Å². The van der Waals surface area contributed by atoms with Crippen molar-refractivity contribution in [2.24, 2.45) is 30.0 Å². The van der Waals surface area contributed by atoms with Crippen molar-refractivity contribution in [3.8, 4) is 40.2 Å². The molecule has 36 heteroatoms. The molecule has 127 heavy (non-hydrogen) atoms. The number of hydrogen-bond acceptors (Lipinski definition) is 28. The van der Waals surface area contributed by atoms with Gasteiger partial charge in [0.25, 0.3) is 5.69 Å². The van der Waals surface area contributed by atoms with Gasteiger partial charge in [0, 0.05) is 124 Å². The summed E-state index contributed by atoms with van der Waals surface area (Å²) < 4.78 is 21.9. The summed E-state index contributed by atoms with van der Waals surface area (Å²) in [5.41, 5.74) is 8.44. The lowest BCUT2D eigenvalue weighted by Gasteiger charge is -2.11. The van der Waals surface area contributed by atoms with Crippen LogP contribution in [0.3, 0.4) is 0 Å². The number of para-hydroxylation sites is 1. The first kappa shape index (κ1) is 98.6. The second kappa shape index (κ2) is 50.1. The van der Waals surface area contributed by atoms with Gasteiger partial charge in [-0.2, -0.15) is 0 Å². The largest absolute Gasteiger partial charge is 0.504 e. The lowest BCUT2D eigenvalue weighted by molar-refractivity contribution is -0.386. The average Bonchev–Trinajstić information content (AvgIpc) is 0.831. The lowest BCUT2D eigenvalue weighted by atomic mass is 10.2. The molecule has 0 heterocycles. The van der Waals surface area contributed by atoms with E-state index >= 15 is 0 Å². The van der Waals surface area contributed by atoms with Crippen molar-refractivity contribution < 1.29 is 78.7 Å². The van der Waals surface area contributed by atoms with Gasteiger partial charge in [0.2, 0.25) is 17.2 Å². The number of nitro groups is 5. The summed E-state index contributed by atoms with van der Waals surface area (Å²) in [6.07, 6.45) is 8.96. The van der Waals surface area contributed by atoms with Gasteiger partial charge < -0.3 is 49.4 Å². The summed E-state index contributed by atoms with van der Waals surface area (Å²) in [4.78, 5) is 101. The van der Waals surface area contributed by atoms with Gasteiger partial charge >= 0.3 is 34.7 Å². The molecule has 0 radical (unpaired) electrons. The number of carbonyl (C=O) groups is 2. The Morgan fingerprint density at radius 2 is 0.732 bits per heavy atom. The number of ether oxygens (including phenoxy) is 4. The Morgan fingerprint density at radius 3 is 1.15 bits per heavy atom. The molecule has 0 saturated heterocycles. The molecular weight excluding hydrogens is 1840 g/mol. The number of benzene rings is 12. The third kappa shape index (κ3) is 32.3. The lowest BCUT2D eigenvalue weighted by Crippen LogP contribution is -2.07. The van der Waals surface area contributed by atoms with E-state index in [1.807, 2.05) is 120 Å². The van der Waals surface area contributed by atoms with Crippen LogP contribution in [0.1, 0.15) is 87.4 Å². The van der Waals surface area contributed by atoms with Crippen LogP contribution in [0.15, 0.2) is 292 Å². The number of rotatable bonds is 26. The number of anilines is 1. The molecule has 0 spiro atoms. The van der Waals surface area contributed by atoms with Gasteiger partial charge in [-0.05, 0) is 233 Å². The number of esters is 2. The van der Waals surface area contributed by atoms with Gasteiger partial charge in [-0.3, -0.25) is 80.5 Å². The van der Waals surface area contributed by atoms with Crippen LogP contribution in [0.5, 0.6) is 40.2 Å². The Kier molecular flexibility index (Phi) is 38.9. The molecule has 12 aromatic carbocycles. The Morgan fingerprint density at radius 1 is 0.362 bits per heavy atom. The molecule has 0 unspecified atom stereocenters. The minimum atomic E-state index is -0.717. The molecular formula is C91H81Br3N12O21. The van der Waals surface area contributed by atoms with E-state index in [2.05, 4.69) is 94.8 Å². The van der Waals surface area contributed by atoms with E-state index in [0.717, 1.165) is 33.8 Å². The molecule has 0 aliphatic rings. The summed E-state index contributed by atoms with van der Waals surface area (Å²) in [5, 5.41) is 102. The normalized spacial score (nSPS) is 10.8. The number of phenolic OH excluding ortho intramolecular Hbond substituents is 5. The fraction of sp³-hybridized carbons (Fsp3) is 0.121. The molecule has 652 valence electrons. The number of hydrogen-bond donors (Lipinski definition) is 5. The summed E-state index contributed by atoms with van der Waals surface area (Å²) in [6, 6.07) is 68.8. The number of aromatic hydroxyl groups is 5. The van der Waals surface area contributed by atoms with Gasteiger partial charge in [-0.25, -0.2) is 9.59 Å². The van der Waals surface area contributed by atoms with Crippen LogP contribution >= 0.6 is 47.8 Å². The predicted molar refractivity (Wildman–Crippen MR) is 499 cm³/mol. The molecule has 12 rings (SSSR count). The van der Waals surface area contributed by atoms with Crippen LogP contribution in [-0.4, -0.2) is 140 Å². The van der Waals surface area contributed by atoms with Crippen molar-refractivity contribution in [2.75, 3.05) is 45.4 Å². The summed E-state index contributed by atoms with van der Waals surface area (Å²) in [5.74, 6) is -1.09. The second-order valence-electron chi connectivity index (χ2n) is 26.0. The zero-order valence-corrected chi connectivity index (χ0v) is 73.5.